The van der Waals surface area contributed by atoms with Crippen molar-refractivity contribution in [2.24, 2.45) is 11.7 Å². The molecule has 2 rings (SSSR count). The van der Waals surface area contributed by atoms with Crippen LogP contribution in [0.4, 0.5) is 0 Å². The SMILES string of the molecule is CCCC(C)CC(N)c1cnn(-c2ccccc2)c1. The van der Waals surface area contributed by atoms with Crippen LogP contribution in [0.2, 0.25) is 0 Å². The van der Waals surface area contributed by atoms with Crippen LogP contribution in [0, 0.1) is 5.92 Å². The molecular formula is C16H23N3. The second-order valence-electron chi connectivity index (χ2n) is 5.29. The van der Waals surface area contributed by atoms with Gasteiger partial charge in [0.05, 0.1) is 11.9 Å². The van der Waals surface area contributed by atoms with Crippen LogP contribution in [-0.4, -0.2) is 9.78 Å². The smallest absolute Gasteiger partial charge is 0.0645 e. The van der Waals surface area contributed by atoms with Gasteiger partial charge in [0, 0.05) is 17.8 Å². The standard InChI is InChI=1S/C16H23N3/c1-3-7-13(2)10-16(17)14-11-18-19(12-14)15-8-5-4-6-9-15/h4-6,8-9,11-13,16H,3,7,10,17H2,1-2H3. The van der Waals surface area contributed by atoms with Crippen molar-refractivity contribution in [3.63, 3.8) is 0 Å². The van der Waals surface area contributed by atoms with Crippen molar-refractivity contribution in [3.8, 4) is 5.69 Å². The largest absolute Gasteiger partial charge is 0.324 e. The minimum absolute atomic E-state index is 0.0824. The van der Waals surface area contributed by atoms with Crippen molar-refractivity contribution in [1.29, 1.82) is 0 Å². The summed E-state index contributed by atoms with van der Waals surface area (Å²) in [6, 6.07) is 10.2. The molecule has 0 aliphatic heterocycles. The lowest BCUT2D eigenvalue weighted by atomic mass is 9.95. The van der Waals surface area contributed by atoms with Gasteiger partial charge in [-0.3, -0.25) is 0 Å². The fourth-order valence-corrected chi connectivity index (χ4v) is 2.43. The molecule has 2 aromatic rings. The van der Waals surface area contributed by atoms with E-state index in [0.717, 1.165) is 17.7 Å². The van der Waals surface area contributed by atoms with Gasteiger partial charge in [0.2, 0.25) is 0 Å². The molecule has 0 amide bonds. The monoisotopic (exact) mass is 257 g/mol. The summed E-state index contributed by atoms with van der Waals surface area (Å²) in [5.74, 6) is 0.667. The van der Waals surface area contributed by atoms with Crippen LogP contribution in [0.3, 0.4) is 0 Å². The first kappa shape index (κ1) is 13.8. The Balaban J connectivity index is 2.04. The van der Waals surface area contributed by atoms with E-state index in [1.165, 1.54) is 12.8 Å². The van der Waals surface area contributed by atoms with Gasteiger partial charge in [0.1, 0.15) is 0 Å². The number of nitrogens with two attached hydrogens (primary N) is 1. The minimum Gasteiger partial charge on any atom is -0.324 e. The van der Waals surface area contributed by atoms with E-state index in [1.54, 1.807) is 0 Å². The summed E-state index contributed by atoms with van der Waals surface area (Å²) in [7, 11) is 0. The van der Waals surface area contributed by atoms with Crippen molar-refractivity contribution >= 4 is 0 Å². The molecule has 1 aromatic heterocycles. The first-order valence-corrected chi connectivity index (χ1v) is 7.06. The van der Waals surface area contributed by atoms with Gasteiger partial charge in [-0.05, 0) is 24.5 Å². The third-order valence-corrected chi connectivity index (χ3v) is 3.49. The third kappa shape index (κ3) is 3.67. The Morgan fingerprint density at radius 3 is 2.68 bits per heavy atom. The zero-order valence-electron chi connectivity index (χ0n) is 11.8. The van der Waals surface area contributed by atoms with Gasteiger partial charge < -0.3 is 5.73 Å². The fourth-order valence-electron chi connectivity index (χ4n) is 2.43. The number of hydrogen-bond donors (Lipinski definition) is 1. The van der Waals surface area contributed by atoms with E-state index >= 15 is 0 Å². The van der Waals surface area contributed by atoms with Gasteiger partial charge in [-0.15, -0.1) is 0 Å². The highest BCUT2D eigenvalue weighted by Crippen LogP contribution is 2.22. The van der Waals surface area contributed by atoms with Crippen LogP contribution in [0.15, 0.2) is 42.7 Å². The molecule has 0 aliphatic rings. The first-order chi connectivity index (χ1) is 9.20. The number of aromatic nitrogens is 2. The summed E-state index contributed by atoms with van der Waals surface area (Å²) in [6.07, 6.45) is 7.40. The molecule has 0 saturated carbocycles. The van der Waals surface area contributed by atoms with Gasteiger partial charge >= 0.3 is 0 Å². The van der Waals surface area contributed by atoms with Crippen molar-refractivity contribution < 1.29 is 0 Å². The number of para-hydroxylation sites is 1. The van der Waals surface area contributed by atoms with Crippen molar-refractivity contribution in [1.82, 2.24) is 9.78 Å². The summed E-state index contributed by atoms with van der Waals surface area (Å²) in [5, 5.41) is 4.40. The Morgan fingerprint density at radius 1 is 1.26 bits per heavy atom. The van der Waals surface area contributed by atoms with Crippen molar-refractivity contribution in [2.45, 2.75) is 39.2 Å². The highest BCUT2D eigenvalue weighted by molar-refractivity contribution is 5.31. The average molecular weight is 257 g/mol. The van der Waals surface area contributed by atoms with E-state index in [4.69, 9.17) is 5.73 Å². The van der Waals surface area contributed by atoms with Gasteiger partial charge in [0.15, 0.2) is 0 Å². The Kier molecular flexibility index (Phi) is 4.74. The van der Waals surface area contributed by atoms with E-state index in [1.807, 2.05) is 47.4 Å². The Hall–Kier alpha value is -1.61. The van der Waals surface area contributed by atoms with Gasteiger partial charge in [-0.2, -0.15) is 5.10 Å². The molecule has 0 aliphatic carbocycles. The molecule has 0 fully saturated rings. The topological polar surface area (TPSA) is 43.8 Å². The lowest BCUT2D eigenvalue weighted by molar-refractivity contribution is 0.440. The Labute approximate surface area is 115 Å². The summed E-state index contributed by atoms with van der Waals surface area (Å²) in [4.78, 5) is 0. The van der Waals surface area contributed by atoms with E-state index in [2.05, 4.69) is 18.9 Å². The molecule has 2 unspecified atom stereocenters. The van der Waals surface area contributed by atoms with Crippen LogP contribution in [0.25, 0.3) is 5.69 Å². The summed E-state index contributed by atoms with van der Waals surface area (Å²) >= 11 is 0. The quantitative estimate of drug-likeness (QED) is 0.857. The van der Waals surface area contributed by atoms with Crippen LogP contribution in [0.5, 0.6) is 0 Å². The van der Waals surface area contributed by atoms with Gasteiger partial charge in [-0.25, -0.2) is 4.68 Å². The van der Waals surface area contributed by atoms with Crippen molar-refractivity contribution in [3.05, 3.63) is 48.3 Å². The first-order valence-electron chi connectivity index (χ1n) is 7.06. The molecule has 102 valence electrons. The lowest BCUT2D eigenvalue weighted by Crippen LogP contribution is -2.13. The molecule has 0 bridgehead atoms. The number of rotatable bonds is 6. The van der Waals surface area contributed by atoms with Crippen LogP contribution in [0.1, 0.15) is 44.7 Å². The predicted octanol–water partition coefficient (Wildman–Crippen LogP) is 3.70. The fraction of sp³-hybridized carbons (Fsp3) is 0.438. The van der Waals surface area contributed by atoms with E-state index in [0.29, 0.717) is 5.92 Å². The van der Waals surface area contributed by atoms with E-state index in [9.17, 15) is 0 Å². The molecule has 2 atom stereocenters. The third-order valence-electron chi connectivity index (χ3n) is 3.49. The summed E-state index contributed by atoms with van der Waals surface area (Å²) in [6.45, 7) is 4.49. The van der Waals surface area contributed by atoms with E-state index < -0.39 is 0 Å². The molecule has 3 heteroatoms. The molecule has 0 radical (unpaired) electrons. The zero-order valence-corrected chi connectivity index (χ0v) is 11.8. The highest BCUT2D eigenvalue weighted by Gasteiger charge is 2.12. The minimum atomic E-state index is 0.0824. The molecule has 1 heterocycles. The average Bonchev–Trinajstić information content (AvgIpc) is 2.89. The summed E-state index contributed by atoms with van der Waals surface area (Å²) < 4.78 is 1.89. The number of hydrogen-bond acceptors (Lipinski definition) is 2. The molecule has 0 saturated heterocycles. The second-order valence-corrected chi connectivity index (χ2v) is 5.29. The number of benzene rings is 1. The Morgan fingerprint density at radius 2 is 2.00 bits per heavy atom. The van der Waals surface area contributed by atoms with Gasteiger partial charge in [0.25, 0.3) is 0 Å². The Bertz CT molecular complexity index is 490. The van der Waals surface area contributed by atoms with Gasteiger partial charge in [-0.1, -0.05) is 44.9 Å². The van der Waals surface area contributed by atoms with Crippen LogP contribution < -0.4 is 5.73 Å². The van der Waals surface area contributed by atoms with Crippen LogP contribution >= 0.6 is 0 Å². The molecule has 19 heavy (non-hydrogen) atoms. The molecule has 2 N–H and O–H groups in total. The molecule has 3 nitrogen and oxygen atoms in total. The molecule has 0 spiro atoms. The molecular weight excluding hydrogens is 234 g/mol. The van der Waals surface area contributed by atoms with Crippen molar-refractivity contribution in [2.75, 3.05) is 0 Å². The van der Waals surface area contributed by atoms with E-state index in [-0.39, 0.29) is 6.04 Å². The number of nitrogens with zero attached hydrogens (tertiary/aromatic N) is 2. The predicted molar refractivity (Wildman–Crippen MR) is 79.2 cm³/mol. The maximum Gasteiger partial charge on any atom is 0.0645 e. The summed E-state index contributed by atoms with van der Waals surface area (Å²) in [5.41, 5.74) is 8.45. The zero-order chi connectivity index (χ0) is 13.7. The highest BCUT2D eigenvalue weighted by atomic mass is 15.3. The molecule has 1 aromatic carbocycles. The normalized spacial score (nSPS) is 14.3. The van der Waals surface area contributed by atoms with Crippen LogP contribution in [-0.2, 0) is 0 Å². The maximum absolute atomic E-state index is 6.26. The second kappa shape index (κ2) is 6.53. The lowest BCUT2D eigenvalue weighted by Gasteiger charge is -2.15. The maximum atomic E-state index is 6.26.